The van der Waals surface area contributed by atoms with E-state index in [0.29, 0.717) is 28.3 Å². The summed E-state index contributed by atoms with van der Waals surface area (Å²) in [5.41, 5.74) is 7.69. The number of sulfonamides is 1. The molecule has 1 aromatic carbocycles. The molecule has 0 aliphatic rings. The highest BCUT2D eigenvalue weighted by Gasteiger charge is 2.25. The van der Waals surface area contributed by atoms with Gasteiger partial charge in [-0.25, -0.2) is 8.42 Å². The summed E-state index contributed by atoms with van der Waals surface area (Å²) in [7, 11) is -1.94. The Bertz CT molecular complexity index is 746. The normalized spacial score (nSPS) is 12.0. The van der Waals surface area contributed by atoms with Gasteiger partial charge in [-0.2, -0.15) is 4.31 Å². The number of hydrogen-bond acceptors (Lipinski definition) is 4. The Balaban J connectivity index is 2.38. The minimum atomic E-state index is -3.54. The Hall–Kier alpha value is -0.890. The van der Waals surface area contributed by atoms with Crippen molar-refractivity contribution in [3.8, 4) is 0 Å². The molecule has 0 saturated carbocycles. The van der Waals surface area contributed by atoms with E-state index in [4.69, 9.17) is 5.73 Å². The van der Waals surface area contributed by atoms with Crippen molar-refractivity contribution in [1.82, 2.24) is 4.31 Å². The van der Waals surface area contributed by atoms with E-state index in [2.05, 4.69) is 15.9 Å². The number of nitrogen functional groups attached to an aromatic ring is 1. The molecule has 2 rings (SSSR count). The summed E-state index contributed by atoms with van der Waals surface area (Å²) in [4.78, 5) is 1.33. The number of nitrogens with two attached hydrogens (primary N) is 1. The van der Waals surface area contributed by atoms with Crippen LogP contribution in [0.3, 0.4) is 0 Å². The van der Waals surface area contributed by atoms with E-state index in [1.54, 1.807) is 33.0 Å². The molecule has 0 unspecified atom stereocenters. The van der Waals surface area contributed by atoms with E-state index in [1.165, 1.54) is 15.6 Å². The monoisotopic (exact) mass is 388 g/mol. The van der Waals surface area contributed by atoms with Crippen molar-refractivity contribution < 1.29 is 8.42 Å². The Morgan fingerprint density at radius 1 is 1.24 bits per heavy atom. The maximum Gasteiger partial charge on any atom is 0.243 e. The van der Waals surface area contributed by atoms with Crippen LogP contribution in [0.4, 0.5) is 5.69 Å². The lowest BCUT2D eigenvalue weighted by molar-refractivity contribution is 0.468. The van der Waals surface area contributed by atoms with Crippen LogP contribution in [0.15, 0.2) is 32.9 Å². The third kappa shape index (κ3) is 3.48. The Morgan fingerprint density at radius 3 is 2.29 bits per heavy atom. The number of thiophene rings is 1. The van der Waals surface area contributed by atoms with E-state index in [9.17, 15) is 8.42 Å². The number of halogens is 1. The first kappa shape index (κ1) is 16.5. The smallest absolute Gasteiger partial charge is 0.243 e. The zero-order valence-electron chi connectivity index (χ0n) is 12.1. The minimum Gasteiger partial charge on any atom is -0.399 e. The predicted molar refractivity (Wildman–Crippen MR) is 91.0 cm³/mol. The Labute approximate surface area is 137 Å². The van der Waals surface area contributed by atoms with Gasteiger partial charge in [0.25, 0.3) is 0 Å². The summed E-state index contributed by atoms with van der Waals surface area (Å²) in [6, 6.07) is 5.31. The topological polar surface area (TPSA) is 63.4 Å². The number of aryl methyl sites for hydroxylation is 2. The van der Waals surface area contributed by atoms with Gasteiger partial charge in [0.05, 0.1) is 4.90 Å². The van der Waals surface area contributed by atoms with Gasteiger partial charge in [0.2, 0.25) is 10.0 Å². The molecule has 0 aliphatic carbocycles. The molecule has 21 heavy (non-hydrogen) atoms. The first-order valence-corrected chi connectivity index (χ1v) is 9.39. The largest absolute Gasteiger partial charge is 0.399 e. The van der Waals surface area contributed by atoms with Crippen molar-refractivity contribution in [3.63, 3.8) is 0 Å². The van der Waals surface area contributed by atoms with Crippen LogP contribution in [0.5, 0.6) is 0 Å². The SMILES string of the molecule is Cc1cc(N)cc(C)c1S(=O)(=O)N(C)Cc1cc(Br)cs1. The van der Waals surface area contributed by atoms with E-state index >= 15 is 0 Å². The molecule has 7 heteroatoms. The lowest BCUT2D eigenvalue weighted by Gasteiger charge is -2.20. The van der Waals surface area contributed by atoms with E-state index in [1.807, 2.05) is 11.4 Å². The van der Waals surface area contributed by atoms with Gasteiger partial charge in [0.1, 0.15) is 0 Å². The lowest BCUT2D eigenvalue weighted by Crippen LogP contribution is -2.27. The molecule has 1 heterocycles. The summed E-state index contributed by atoms with van der Waals surface area (Å²) in [5, 5.41) is 1.94. The molecular formula is C14H17BrN2O2S2. The third-order valence-corrected chi connectivity index (χ3v) is 6.94. The molecule has 4 nitrogen and oxygen atoms in total. The first-order valence-electron chi connectivity index (χ1n) is 6.28. The standard InChI is InChI=1S/C14H17BrN2O2S2/c1-9-4-12(16)5-10(2)14(9)21(18,19)17(3)7-13-6-11(15)8-20-13/h4-6,8H,7,16H2,1-3H3. The van der Waals surface area contributed by atoms with Gasteiger partial charge in [0, 0.05) is 34.0 Å². The molecule has 0 spiro atoms. The molecule has 0 saturated heterocycles. The quantitative estimate of drug-likeness (QED) is 0.814. The fourth-order valence-corrected chi connectivity index (χ4v) is 5.43. The van der Waals surface area contributed by atoms with E-state index in [-0.39, 0.29) is 0 Å². The van der Waals surface area contributed by atoms with Gasteiger partial charge >= 0.3 is 0 Å². The third-order valence-electron chi connectivity index (χ3n) is 3.15. The number of hydrogen-bond donors (Lipinski definition) is 1. The van der Waals surface area contributed by atoms with Gasteiger partial charge in [-0.15, -0.1) is 11.3 Å². The molecule has 114 valence electrons. The Morgan fingerprint density at radius 2 is 1.81 bits per heavy atom. The molecule has 0 amide bonds. The minimum absolute atomic E-state index is 0.342. The van der Waals surface area contributed by atoms with Crippen LogP contribution in [0.25, 0.3) is 0 Å². The number of anilines is 1. The number of nitrogens with zero attached hydrogens (tertiary/aromatic N) is 1. The van der Waals surface area contributed by atoms with Gasteiger partial charge < -0.3 is 5.73 Å². The van der Waals surface area contributed by atoms with Crippen LogP contribution in [0.1, 0.15) is 16.0 Å². The number of rotatable bonds is 4. The highest BCUT2D eigenvalue weighted by molar-refractivity contribution is 9.10. The molecule has 0 radical (unpaired) electrons. The van der Waals surface area contributed by atoms with Gasteiger partial charge in [0.15, 0.2) is 0 Å². The van der Waals surface area contributed by atoms with Crippen LogP contribution in [0, 0.1) is 13.8 Å². The van der Waals surface area contributed by atoms with Crippen molar-refractivity contribution in [1.29, 1.82) is 0 Å². The molecule has 0 fully saturated rings. The van der Waals surface area contributed by atoms with Crippen molar-refractivity contribution in [3.05, 3.63) is 44.1 Å². The van der Waals surface area contributed by atoms with E-state index < -0.39 is 10.0 Å². The van der Waals surface area contributed by atoms with Gasteiger partial charge in [-0.05, 0) is 59.1 Å². The second kappa shape index (κ2) is 6.08. The highest BCUT2D eigenvalue weighted by atomic mass is 79.9. The average Bonchev–Trinajstić information content (AvgIpc) is 2.72. The van der Waals surface area contributed by atoms with Crippen LogP contribution < -0.4 is 5.73 Å². The summed E-state index contributed by atoms with van der Waals surface area (Å²) < 4.78 is 27.9. The lowest BCUT2D eigenvalue weighted by atomic mass is 10.1. The zero-order chi connectivity index (χ0) is 15.8. The molecule has 1 aromatic heterocycles. The fourth-order valence-electron chi connectivity index (χ4n) is 2.29. The van der Waals surface area contributed by atoms with E-state index in [0.717, 1.165) is 9.35 Å². The van der Waals surface area contributed by atoms with Crippen molar-refractivity contribution in [2.24, 2.45) is 0 Å². The molecular weight excluding hydrogens is 372 g/mol. The van der Waals surface area contributed by atoms with Crippen molar-refractivity contribution in [2.75, 3.05) is 12.8 Å². The first-order chi connectivity index (χ1) is 9.71. The van der Waals surface area contributed by atoms with Gasteiger partial charge in [-0.3, -0.25) is 0 Å². The summed E-state index contributed by atoms with van der Waals surface area (Å²) >= 11 is 4.90. The Kier molecular flexibility index (Phi) is 4.77. The highest BCUT2D eigenvalue weighted by Crippen LogP contribution is 2.28. The average molecular weight is 389 g/mol. The molecule has 2 aromatic rings. The second-order valence-corrected chi connectivity index (χ2v) is 8.87. The maximum absolute atomic E-state index is 12.8. The van der Waals surface area contributed by atoms with Crippen molar-refractivity contribution >= 4 is 43.0 Å². The fraction of sp³-hybridized carbons (Fsp3) is 0.286. The molecule has 0 bridgehead atoms. The second-order valence-electron chi connectivity index (χ2n) is 4.98. The van der Waals surface area contributed by atoms with Crippen molar-refractivity contribution in [2.45, 2.75) is 25.3 Å². The van der Waals surface area contributed by atoms with Crippen LogP contribution in [-0.2, 0) is 16.6 Å². The summed E-state index contributed by atoms with van der Waals surface area (Å²) in [6.07, 6.45) is 0. The van der Waals surface area contributed by atoms with Crippen LogP contribution in [-0.4, -0.2) is 19.8 Å². The molecule has 0 atom stereocenters. The number of benzene rings is 1. The predicted octanol–water partition coefficient (Wildman–Crippen LogP) is 3.53. The summed E-state index contributed by atoms with van der Waals surface area (Å²) in [5.74, 6) is 0. The molecule has 2 N–H and O–H groups in total. The summed E-state index contributed by atoms with van der Waals surface area (Å²) in [6.45, 7) is 3.89. The molecule has 0 aliphatic heterocycles. The maximum atomic E-state index is 12.8. The van der Waals surface area contributed by atoms with Gasteiger partial charge in [-0.1, -0.05) is 0 Å². The van der Waals surface area contributed by atoms with Crippen LogP contribution >= 0.6 is 27.3 Å². The zero-order valence-corrected chi connectivity index (χ0v) is 15.3. The van der Waals surface area contributed by atoms with Crippen LogP contribution in [0.2, 0.25) is 0 Å².